The molecule has 0 aliphatic carbocycles. The van der Waals surface area contributed by atoms with Gasteiger partial charge in [0, 0.05) is 22.4 Å². The summed E-state index contributed by atoms with van der Waals surface area (Å²) in [5.41, 5.74) is 1.07. The van der Waals surface area contributed by atoms with Crippen LogP contribution in [-0.4, -0.2) is 22.9 Å². The minimum atomic E-state index is 0.649. The monoisotopic (exact) mass is 360 g/mol. The highest BCUT2D eigenvalue weighted by Crippen LogP contribution is 2.27. The first kappa shape index (κ1) is 13.3. The van der Waals surface area contributed by atoms with E-state index in [0.29, 0.717) is 6.04 Å². The van der Waals surface area contributed by atoms with E-state index in [2.05, 4.69) is 55.8 Å². The van der Waals surface area contributed by atoms with Gasteiger partial charge in [0.25, 0.3) is 0 Å². The third-order valence-electron chi connectivity index (χ3n) is 3.37. The lowest BCUT2D eigenvalue weighted by Crippen LogP contribution is -2.40. The summed E-state index contributed by atoms with van der Waals surface area (Å²) >= 11 is 7.07. The Balaban J connectivity index is 2.20. The Hall–Kier alpha value is -0.0900. The van der Waals surface area contributed by atoms with Gasteiger partial charge < -0.3 is 4.90 Å². The van der Waals surface area contributed by atoms with E-state index in [0.717, 1.165) is 27.9 Å². The standard InChI is InChI=1S/C13H18Br2N2/c1-10-12(15)5-6-13(16-10)17-9-3-2-4-11(17)7-8-14/h5-6,11H,2-4,7-9H2,1H3. The average Bonchev–Trinajstić information content (AvgIpc) is 2.34. The Kier molecular flexibility index (Phi) is 4.86. The van der Waals surface area contributed by atoms with Crippen molar-refractivity contribution in [1.82, 2.24) is 4.98 Å². The quantitative estimate of drug-likeness (QED) is 0.746. The number of pyridine rings is 1. The summed E-state index contributed by atoms with van der Waals surface area (Å²) in [5, 5.41) is 1.07. The molecule has 17 heavy (non-hydrogen) atoms. The van der Waals surface area contributed by atoms with Crippen molar-refractivity contribution in [2.24, 2.45) is 0 Å². The maximum absolute atomic E-state index is 4.69. The first-order chi connectivity index (χ1) is 8.22. The molecule has 1 aromatic rings. The lowest BCUT2D eigenvalue weighted by molar-refractivity contribution is 0.449. The fraction of sp³-hybridized carbons (Fsp3) is 0.615. The molecule has 0 aromatic carbocycles. The van der Waals surface area contributed by atoms with Crippen LogP contribution in [-0.2, 0) is 0 Å². The summed E-state index contributed by atoms with van der Waals surface area (Å²) in [5.74, 6) is 1.14. The number of aromatic nitrogens is 1. The van der Waals surface area contributed by atoms with E-state index < -0.39 is 0 Å². The van der Waals surface area contributed by atoms with E-state index >= 15 is 0 Å². The predicted molar refractivity (Wildman–Crippen MR) is 80.1 cm³/mol. The van der Waals surface area contributed by atoms with Crippen LogP contribution in [0.3, 0.4) is 0 Å². The minimum Gasteiger partial charge on any atom is -0.354 e. The van der Waals surface area contributed by atoms with Crippen molar-refractivity contribution in [2.45, 2.75) is 38.6 Å². The molecule has 1 saturated heterocycles. The zero-order chi connectivity index (χ0) is 12.3. The molecule has 0 spiro atoms. The minimum absolute atomic E-state index is 0.649. The average molecular weight is 362 g/mol. The van der Waals surface area contributed by atoms with Crippen LogP contribution in [0.4, 0.5) is 5.82 Å². The van der Waals surface area contributed by atoms with Crippen LogP contribution in [0.2, 0.25) is 0 Å². The molecule has 0 saturated carbocycles. The number of alkyl halides is 1. The Morgan fingerprint density at radius 3 is 2.94 bits per heavy atom. The summed E-state index contributed by atoms with van der Waals surface area (Å²) in [6.45, 7) is 3.20. The SMILES string of the molecule is Cc1nc(N2CCCCC2CCBr)ccc1Br. The Labute approximate surface area is 120 Å². The van der Waals surface area contributed by atoms with Crippen molar-refractivity contribution >= 4 is 37.7 Å². The van der Waals surface area contributed by atoms with Crippen LogP contribution in [0.5, 0.6) is 0 Å². The topological polar surface area (TPSA) is 16.1 Å². The fourth-order valence-electron chi connectivity index (χ4n) is 2.42. The van der Waals surface area contributed by atoms with Gasteiger partial charge in [-0.15, -0.1) is 0 Å². The Morgan fingerprint density at radius 2 is 2.24 bits per heavy atom. The lowest BCUT2D eigenvalue weighted by Gasteiger charge is -2.36. The molecule has 1 aliphatic heterocycles. The van der Waals surface area contributed by atoms with Gasteiger partial charge in [0.05, 0.1) is 5.69 Å². The van der Waals surface area contributed by atoms with Gasteiger partial charge in [-0.1, -0.05) is 15.9 Å². The molecule has 0 amide bonds. The van der Waals surface area contributed by atoms with E-state index in [1.807, 2.05) is 0 Å². The molecule has 4 heteroatoms. The van der Waals surface area contributed by atoms with E-state index in [1.165, 1.54) is 25.7 Å². The van der Waals surface area contributed by atoms with Gasteiger partial charge in [-0.05, 0) is 60.7 Å². The van der Waals surface area contributed by atoms with E-state index in [4.69, 9.17) is 4.98 Å². The van der Waals surface area contributed by atoms with Crippen molar-refractivity contribution in [3.05, 3.63) is 22.3 Å². The predicted octanol–water partition coefficient (Wildman–Crippen LogP) is 4.30. The first-order valence-electron chi connectivity index (χ1n) is 6.18. The smallest absolute Gasteiger partial charge is 0.129 e. The summed E-state index contributed by atoms with van der Waals surface area (Å²) in [7, 11) is 0. The molecule has 2 nitrogen and oxygen atoms in total. The maximum Gasteiger partial charge on any atom is 0.129 e. The van der Waals surface area contributed by atoms with E-state index in [1.54, 1.807) is 0 Å². The summed E-state index contributed by atoms with van der Waals surface area (Å²) in [6, 6.07) is 4.89. The molecule has 94 valence electrons. The number of aryl methyl sites for hydroxylation is 1. The molecule has 0 N–H and O–H groups in total. The van der Waals surface area contributed by atoms with Crippen molar-refractivity contribution in [3.8, 4) is 0 Å². The summed E-state index contributed by atoms with van der Waals surface area (Å²) in [6.07, 6.45) is 5.14. The van der Waals surface area contributed by atoms with Gasteiger partial charge in [0.2, 0.25) is 0 Å². The highest BCUT2D eigenvalue weighted by atomic mass is 79.9. The highest BCUT2D eigenvalue weighted by Gasteiger charge is 2.23. The number of rotatable bonds is 3. The van der Waals surface area contributed by atoms with Crippen LogP contribution in [0.15, 0.2) is 16.6 Å². The van der Waals surface area contributed by atoms with Crippen LogP contribution < -0.4 is 4.90 Å². The number of nitrogens with zero attached hydrogens (tertiary/aromatic N) is 2. The van der Waals surface area contributed by atoms with Gasteiger partial charge >= 0.3 is 0 Å². The van der Waals surface area contributed by atoms with Gasteiger partial charge in [0.15, 0.2) is 0 Å². The second kappa shape index (κ2) is 6.19. The van der Waals surface area contributed by atoms with Crippen LogP contribution >= 0.6 is 31.9 Å². The normalized spacial score (nSPS) is 20.6. The largest absolute Gasteiger partial charge is 0.354 e. The lowest BCUT2D eigenvalue weighted by atomic mass is 10.00. The van der Waals surface area contributed by atoms with E-state index in [9.17, 15) is 0 Å². The highest BCUT2D eigenvalue weighted by molar-refractivity contribution is 9.10. The fourth-order valence-corrected chi connectivity index (χ4v) is 3.17. The van der Waals surface area contributed by atoms with Gasteiger partial charge in [0.1, 0.15) is 5.82 Å². The zero-order valence-electron chi connectivity index (χ0n) is 10.1. The van der Waals surface area contributed by atoms with Crippen LogP contribution in [0.25, 0.3) is 0 Å². The van der Waals surface area contributed by atoms with Gasteiger partial charge in [-0.25, -0.2) is 4.98 Å². The Morgan fingerprint density at radius 1 is 1.41 bits per heavy atom. The number of hydrogen-bond acceptors (Lipinski definition) is 2. The maximum atomic E-state index is 4.69. The molecule has 0 bridgehead atoms. The molecular weight excluding hydrogens is 344 g/mol. The Bertz CT molecular complexity index is 380. The summed E-state index contributed by atoms with van der Waals surface area (Å²) in [4.78, 5) is 7.17. The number of hydrogen-bond donors (Lipinski definition) is 0. The molecule has 1 unspecified atom stereocenters. The number of anilines is 1. The molecule has 2 heterocycles. The number of halogens is 2. The third kappa shape index (κ3) is 3.22. The molecular formula is C13H18Br2N2. The molecule has 1 atom stereocenters. The van der Waals surface area contributed by atoms with Crippen molar-refractivity contribution in [2.75, 3.05) is 16.8 Å². The molecule has 1 fully saturated rings. The first-order valence-corrected chi connectivity index (χ1v) is 8.09. The van der Waals surface area contributed by atoms with Gasteiger partial charge in [-0.3, -0.25) is 0 Å². The van der Waals surface area contributed by atoms with E-state index in [-0.39, 0.29) is 0 Å². The van der Waals surface area contributed by atoms with Crippen molar-refractivity contribution < 1.29 is 0 Å². The summed E-state index contributed by atoms with van der Waals surface area (Å²) < 4.78 is 1.09. The van der Waals surface area contributed by atoms with Crippen molar-refractivity contribution in [3.63, 3.8) is 0 Å². The van der Waals surface area contributed by atoms with Crippen molar-refractivity contribution in [1.29, 1.82) is 0 Å². The molecule has 2 rings (SSSR count). The van der Waals surface area contributed by atoms with Crippen LogP contribution in [0.1, 0.15) is 31.4 Å². The molecule has 1 aromatic heterocycles. The second-order valence-electron chi connectivity index (χ2n) is 4.56. The molecule has 0 radical (unpaired) electrons. The molecule has 1 aliphatic rings. The third-order valence-corrected chi connectivity index (χ3v) is 4.67. The van der Waals surface area contributed by atoms with Crippen LogP contribution in [0, 0.1) is 6.92 Å². The second-order valence-corrected chi connectivity index (χ2v) is 6.20. The zero-order valence-corrected chi connectivity index (χ0v) is 13.3. The number of piperidine rings is 1. The van der Waals surface area contributed by atoms with Gasteiger partial charge in [-0.2, -0.15) is 0 Å².